The Morgan fingerprint density at radius 2 is 1.93 bits per heavy atom. The predicted molar refractivity (Wildman–Crippen MR) is 100 cm³/mol. The van der Waals surface area contributed by atoms with Gasteiger partial charge in [0.25, 0.3) is 0 Å². The van der Waals surface area contributed by atoms with Gasteiger partial charge >= 0.3 is 0 Å². The molecule has 138 valence electrons. The van der Waals surface area contributed by atoms with E-state index >= 15 is 0 Å². The van der Waals surface area contributed by atoms with Gasteiger partial charge in [0.2, 0.25) is 5.91 Å². The molecule has 1 atom stereocenters. The topological polar surface area (TPSA) is 61.9 Å². The summed E-state index contributed by atoms with van der Waals surface area (Å²) < 4.78 is 13.1. The molecule has 0 saturated carbocycles. The molecule has 1 saturated heterocycles. The number of hydrogen-bond donors (Lipinski definition) is 1. The third-order valence-electron chi connectivity index (χ3n) is 4.96. The highest BCUT2D eigenvalue weighted by Gasteiger charge is 2.32. The fourth-order valence-corrected chi connectivity index (χ4v) is 3.54. The maximum absolute atomic E-state index is 13.1. The Morgan fingerprint density at radius 3 is 2.70 bits per heavy atom. The van der Waals surface area contributed by atoms with Gasteiger partial charge in [-0.2, -0.15) is 5.10 Å². The van der Waals surface area contributed by atoms with Crippen LogP contribution in [0.15, 0.2) is 54.6 Å². The summed E-state index contributed by atoms with van der Waals surface area (Å²) in [5, 5.41) is 7.22. The van der Waals surface area contributed by atoms with E-state index in [9.17, 15) is 9.18 Å². The summed E-state index contributed by atoms with van der Waals surface area (Å²) in [6.07, 6.45) is 3.04. The first-order chi connectivity index (χ1) is 13.2. The lowest BCUT2D eigenvalue weighted by molar-refractivity contribution is -0.132. The van der Waals surface area contributed by atoms with Crippen molar-refractivity contribution in [3.05, 3.63) is 71.8 Å². The summed E-state index contributed by atoms with van der Waals surface area (Å²) >= 11 is 0. The van der Waals surface area contributed by atoms with Gasteiger partial charge < -0.3 is 4.90 Å². The largest absolute Gasteiger partial charge is 0.332 e. The van der Waals surface area contributed by atoms with E-state index in [1.807, 2.05) is 35.2 Å². The van der Waals surface area contributed by atoms with Crippen LogP contribution >= 0.6 is 0 Å². The molecule has 1 aromatic heterocycles. The predicted octanol–water partition coefficient (Wildman–Crippen LogP) is 3.91. The number of rotatable bonds is 5. The van der Waals surface area contributed by atoms with Crippen LogP contribution in [0.2, 0.25) is 0 Å². The molecular weight excluding hydrogens is 343 g/mol. The summed E-state index contributed by atoms with van der Waals surface area (Å²) in [6, 6.07) is 16.0. The Balaban J connectivity index is 1.45. The molecule has 1 aliphatic rings. The smallest absolute Gasteiger partial charge is 0.223 e. The van der Waals surface area contributed by atoms with E-state index in [4.69, 9.17) is 0 Å². The van der Waals surface area contributed by atoms with Gasteiger partial charge in [-0.15, -0.1) is 0 Å². The van der Waals surface area contributed by atoms with Crippen LogP contribution in [0.25, 0.3) is 11.4 Å². The van der Waals surface area contributed by atoms with Gasteiger partial charge in [-0.25, -0.2) is 9.37 Å². The van der Waals surface area contributed by atoms with Crippen molar-refractivity contribution in [2.45, 2.75) is 31.7 Å². The van der Waals surface area contributed by atoms with E-state index in [-0.39, 0.29) is 17.8 Å². The van der Waals surface area contributed by atoms with E-state index in [0.717, 1.165) is 31.4 Å². The Labute approximate surface area is 157 Å². The molecule has 0 spiro atoms. The van der Waals surface area contributed by atoms with Crippen LogP contribution in [-0.2, 0) is 11.2 Å². The fourth-order valence-electron chi connectivity index (χ4n) is 3.54. The molecule has 0 aliphatic carbocycles. The van der Waals surface area contributed by atoms with Gasteiger partial charge in [0.05, 0.1) is 6.04 Å². The number of aromatic nitrogens is 3. The van der Waals surface area contributed by atoms with Crippen molar-refractivity contribution in [3.8, 4) is 11.4 Å². The van der Waals surface area contributed by atoms with Crippen LogP contribution in [0.1, 0.15) is 36.7 Å². The Kier molecular flexibility index (Phi) is 4.96. The molecule has 2 heterocycles. The highest BCUT2D eigenvalue weighted by Crippen LogP contribution is 2.31. The molecule has 0 bridgehead atoms. The molecule has 3 aromatic rings. The van der Waals surface area contributed by atoms with Crippen LogP contribution in [0, 0.1) is 5.82 Å². The molecule has 1 fully saturated rings. The molecule has 1 N–H and O–H groups in total. The van der Waals surface area contributed by atoms with Gasteiger partial charge in [-0.05, 0) is 49.1 Å². The van der Waals surface area contributed by atoms with Gasteiger partial charge in [0, 0.05) is 18.5 Å². The zero-order chi connectivity index (χ0) is 18.6. The second kappa shape index (κ2) is 7.70. The zero-order valence-electron chi connectivity index (χ0n) is 14.9. The number of H-pyrrole nitrogens is 1. The summed E-state index contributed by atoms with van der Waals surface area (Å²) in [7, 11) is 0. The molecule has 0 unspecified atom stereocenters. The number of hydrogen-bond acceptors (Lipinski definition) is 3. The van der Waals surface area contributed by atoms with Crippen LogP contribution in [0.3, 0.4) is 0 Å². The lowest BCUT2D eigenvalue weighted by Crippen LogP contribution is -2.31. The summed E-state index contributed by atoms with van der Waals surface area (Å²) in [5.74, 6) is 1.06. The fraction of sp³-hybridized carbons (Fsp3) is 0.286. The summed E-state index contributed by atoms with van der Waals surface area (Å²) in [5.41, 5.74) is 1.92. The molecule has 0 radical (unpaired) electrons. The third-order valence-corrected chi connectivity index (χ3v) is 4.96. The Bertz CT molecular complexity index is 907. The van der Waals surface area contributed by atoms with Gasteiger partial charge in [0.15, 0.2) is 5.82 Å². The molecular formula is C21H21FN4O. The van der Waals surface area contributed by atoms with Crippen molar-refractivity contribution in [3.63, 3.8) is 0 Å². The lowest BCUT2D eigenvalue weighted by Gasteiger charge is -2.23. The molecule has 1 amide bonds. The van der Waals surface area contributed by atoms with E-state index in [0.29, 0.717) is 18.1 Å². The van der Waals surface area contributed by atoms with Crippen LogP contribution in [-0.4, -0.2) is 32.5 Å². The normalized spacial score (nSPS) is 16.6. The van der Waals surface area contributed by atoms with Crippen molar-refractivity contribution >= 4 is 5.91 Å². The molecule has 2 aromatic carbocycles. The minimum atomic E-state index is -0.291. The lowest BCUT2D eigenvalue weighted by atomic mass is 10.1. The van der Waals surface area contributed by atoms with Crippen LogP contribution < -0.4 is 0 Å². The zero-order valence-corrected chi connectivity index (χ0v) is 14.9. The first-order valence-corrected chi connectivity index (χ1v) is 9.22. The number of halogens is 1. The molecule has 1 aliphatic heterocycles. The monoisotopic (exact) mass is 364 g/mol. The Morgan fingerprint density at radius 1 is 1.15 bits per heavy atom. The second-order valence-electron chi connectivity index (χ2n) is 6.78. The number of amides is 1. The number of benzene rings is 2. The number of aromatic amines is 1. The molecule has 6 heteroatoms. The Hall–Kier alpha value is -3.02. The minimum absolute atomic E-state index is 0.0741. The maximum atomic E-state index is 13.1. The SMILES string of the molecule is O=C(CCc1ccccc1)N1CCC[C@H]1c1nc(-c2ccc(F)cc2)n[nH]1. The number of aryl methyl sites for hydroxylation is 1. The highest BCUT2D eigenvalue weighted by atomic mass is 19.1. The van der Waals surface area contributed by atoms with Crippen molar-refractivity contribution < 1.29 is 9.18 Å². The van der Waals surface area contributed by atoms with Crippen molar-refractivity contribution in [2.75, 3.05) is 6.54 Å². The van der Waals surface area contributed by atoms with Crippen LogP contribution in [0.5, 0.6) is 0 Å². The summed E-state index contributed by atoms with van der Waals surface area (Å²) in [6.45, 7) is 0.741. The summed E-state index contributed by atoms with van der Waals surface area (Å²) in [4.78, 5) is 19.2. The standard InChI is InChI=1S/C21H21FN4O/c22-17-11-9-16(10-12-17)20-23-21(25-24-20)18-7-4-14-26(18)19(27)13-8-15-5-2-1-3-6-15/h1-3,5-6,9-12,18H,4,7-8,13-14H2,(H,23,24,25)/t18-/m0/s1. The number of likely N-dealkylation sites (tertiary alicyclic amines) is 1. The van der Waals surface area contributed by atoms with Crippen molar-refractivity contribution in [1.82, 2.24) is 20.1 Å². The number of carbonyl (C=O) groups excluding carboxylic acids is 1. The molecule has 27 heavy (non-hydrogen) atoms. The van der Waals surface area contributed by atoms with Gasteiger partial charge in [-0.1, -0.05) is 30.3 Å². The van der Waals surface area contributed by atoms with E-state index in [1.165, 1.54) is 17.7 Å². The minimum Gasteiger partial charge on any atom is -0.332 e. The quantitative estimate of drug-likeness (QED) is 0.747. The average molecular weight is 364 g/mol. The number of nitrogens with one attached hydrogen (secondary N) is 1. The second-order valence-corrected chi connectivity index (χ2v) is 6.78. The van der Waals surface area contributed by atoms with Crippen molar-refractivity contribution in [2.24, 2.45) is 0 Å². The first-order valence-electron chi connectivity index (χ1n) is 9.22. The van der Waals surface area contributed by atoms with Crippen molar-refractivity contribution in [1.29, 1.82) is 0 Å². The highest BCUT2D eigenvalue weighted by molar-refractivity contribution is 5.77. The third kappa shape index (κ3) is 3.89. The van der Waals surface area contributed by atoms with E-state index < -0.39 is 0 Å². The van der Waals surface area contributed by atoms with E-state index in [2.05, 4.69) is 15.2 Å². The first kappa shape index (κ1) is 17.4. The van der Waals surface area contributed by atoms with Gasteiger partial charge in [-0.3, -0.25) is 9.89 Å². The van der Waals surface area contributed by atoms with Crippen LogP contribution in [0.4, 0.5) is 4.39 Å². The van der Waals surface area contributed by atoms with E-state index in [1.54, 1.807) is 12.1 Å². The average Bonchev–Trinajstić information content (AvgIpc) is 3.37. The van der Waals surface area contributed by atoms with Gasteiger partial charge in [0.1, 0.15) is 11.6 Å². The number of nitrogens with zero attached hydrogens (tertiary/aromatic N) is 3. The molecule has 4 rings (SSSR count). The maximum Gasteiger partial charge on any atom is 0.223 e. The molecule has 5 nitrogen and oxygen atoms in total. The number of carbonyl (C=O) groups is 1.